The van der Waals surface area contributed by atoms with Gasteiger partial charge in [-0.25, -0.2) is 0 Å². The quantitative estimate of drug-likeness (QED) is 0.839. The number of hydrogen-bond acceptors (Lipinski definition) is 3. The molecule has 1 aliphatic carbocycles. The third-order valence-corrected chi connectivity index (χ3v) is 3.15. The first-order valence-electron chi connectivity index (χ1n) is 4.62. The largest absolute Gasteiger partial charge is 0.506 e. The van der Waals surface area contributed by atoms with E-state index in [0.29, 0.717) is 11.3 Å². The van der Waals surface area contributed by atoms with Crippen molar-refractivity contribution in [3.63, 3.8) is 0 Å². The number of halogens is 1. The van der Waals surface area contributed by atoms with Gasteiger partial charge in [-0.1, -0.05) is 11.6 Å². The van der Waals surface area contributed by atoms with E-state index in [2.05, 4.69) is 6.07 Å². The van der Waals surface area contributed by atoms with Crippen LogP contribution in [0.25, 0.3) is 0 Å². The monoisotopic (exact) mass is 223 g/mol. The van der Waals surface area contributed by atoms with Gasteiger partial charge >= 0.3 is 0 Å². The third-order valence-electron chi connectivity index (χ3n) is 2.78. The molecule has 0 unspecified atom stereocenters. The number of phenolic OH excluding ortho intramolecular Hbond substituents is 1. The first kappa shape index (κ1) is 10.1. The van der Waals surface area contributed by atoms with Crippen molar-refractivity contribution < 1.29 is 9.84 Å². The van der Waals surface area contributed by atoms with Gasteiger partial charge in [0.25, 0.3) is 0 Å². The SMILES string of the molecule is COc1ccc(C2(C#N)CC2)c(O)c1Cl. The van der Waals surface area contributed by atoms with Gasteiger partial charge in [0.05, 0.1) is 18.6 Å². The van der Waals surface area contributed by atoms with Crippen LogP contribution in [0.5, 0.6) is 11.5 Å². The molecule has 1 N–H and O–H groups in total. The highest BCUT2D eigenvalue weighted by Gasteiger charge is 2.47. The Balaban J connectivity index is 2.53. The van der Waals surface area contributed by atoms with E-state index in [1.807, 2.05) is 0 Å². The molecule has 1 saturated carbocycles. The second kappa shape index (κ2) is 3.32. The predicted octanol–water partition coefficient (Wildman–Crippen LogP) is 2.61. The molecule has 1 aromatic carbocycles. The minimum absolute atomic E-state index is 0.0323. The van der Waals surface area contributed by atoms with Gasteiger partial charge in [0.15, 0.2) is 0 Å². The molecule has 0 amide bonds. The molecule has 0 spiro atoms. The van der Waals surface area contributed by atoms with E-state index >= 15 is 0 Å². The average molecular weight is 224 g/mol. The lowest BCUT2D eigenvalue weighted by atomic mass is 9.96. The fourth-order valence-corrected chi connectivity index (χ4v) is 1.90. The van der Waals surface area contributed by atoms with Crippen LogP contribution in [0.2, 0.25) is 5.02 Å². The van der Waals surface area contributed by atoms with E-state index < -0.39 is 5.41 Å². The predicted molar refractivity (Wildman–Crippen MR) is 56.2 cm³/mol. The van der Waals surface area contributed by atoms with Gasteiger partial charge in [0, 0.05) is 5.56 Å². The standard InChI is InChI=1S/C11H10ClNO2/c1-15-8-3-2-7(10(14)9(8)12)11(6-13)4-5-11/h2-3,14H,4-5H2,1H3. The van der Waals surface area contributed by atoms with Crippen molar-refractivity contribution in [2.45, 2.75) is 18.3 Å². The van der Waals surface area contributed by atoms with E-state index in [-0.39, 0.29) is 10.8 Å². The molecule has 0 aliphatic heterocycles. The summed E-state index contributed by atoms with van der Waals surface area (Å²) in [5.74, 6) is 0.390. The molecular formula is C11H10ClNO2. The highest BCUT2D eigenvalue weighted by molar-refractivity contribution is 6.33. The van der Waals surface area contributed by atoms with E-state index in [1.165, 1.54) is 7.11 Å². The van der Waals surface area contributed by atoms with Crippen LogP contribution in [0, 0.1) is 11.3 Å². The molecule has 1 aliphatic rings. The van der Waals surface area contributed by atoms with Gasteiger partial charge in [-0.15, -0.1) is 0 Å². The number of aromatic hydroxyl groups is 1. The van der Waals surface area contributed by atoms with E-state index in [4.69, 9.17) is 21.6 Å². The van der Waals surface area contributed by atoms with Crippen LogP contribution in [0.4, 0.5) is 0 Å². The van der Waals surface area contributed by atoms with Crippen LogP contribution < -0.4 is 4.74 Å². The van der Waals surface area contributed by atoms with Crippen molar-refractivity contribution in [1.82, 2.24) is 0 Å². The molecule has 0 atom stereocenters. The summed E-state index contributed by atoms with van der Waals surface area (Å²) >= 11 is 5.90. The molecule has 0 bridgehead atoms. The topological polar surface area (TPSA) is 53.2 Å². The van der Waals surface area contributed by atoms with Gasteiger partial charge in [-0.2, -0.15) is 5.26 Å². The van der Waals surface area contributed by atoms with Crippen LogP contribution in [0.3, 0.4) is 0 Å². The fourth-order valence-electron chi connectivity index (χ4n) is 1.66. The Kier molecular flexibility index (Phi) is 2.24. The Morgan fingerprint density at radius 1 is 1.53 bits per heavy atom. The maximum Gasteiger partial charge on any atom is 0.142 e. The maximum absolute atomic E-state index is 9.85. The van der Waals surface area contributed by atoms with Crippen LogP contribution >= 0.6 is 11.6 Å². The summed E-state index contributed by atoms with van der Waals surface area (Å²) in [4.78, 5) is 0. The molecule has 0 radical (unpaired) electrons. The first-order chi connectivity index (χ1) is 7.14. The molecule has 0 saturated heterocycles. The van der Waals surface area contributed by atoms with Crippen LogP contribution in [-0.4, -0.2) is 12.2 Å². The van der Waals surface area contributed by atoms with Gasteiger partial charge in [-0.05, 0) is 25.0 Å². The smallest absolute Gasteiger partial charge is 0.142 e. The molecule has 78 valence electrons. The number of nitriles is 1. The molecule has 15 heavy (non-hydrogen) atoms. The maximum atomic E-state index is 9.85. The highest BCUT2D eigenvalue weighted by atomic mass is 35.5. The number of ether oxygens (including phenoxy) is 1. The molecule has 0 aromatic heterocycles. The lowest BCUT2D eigenvalue weighted by Crippen LogP contribution is -2.03. The fraction of sp³-hybridized carbons (Fsp3) is 0.364. The zero-order valence-corrected chi connectivity index (χ0v) is 9.01. The number of benzene rings is 1. The minimum Gasteiger partial charge on any atom is -0.506 e. The molecule has 0 heterocycles. The van der Waals surface area contributed by atoms with E-state index in [0.717, 1.165) is 12.8 Å². The Morgan fingerprint density at radius 3 is 2.67 bits per heavy atom. The summed E-state index contributed by atoms with van der Waals surface area (Å²) in [5, 5.41) is 19.0. The first-order valence-corrected chi connectivity index (χ1v) is 4.99. The summed E-state index contributed by atoms with van der Waals surface area (Å²) in [6.45, 7) is 0. The lowest BCUT2D eigenvalue weighted by Gasteiger charge is -2.12. The van der Waals surface area contributed by atoms with Crippen LogP contribution in [0.1, 0.15) is 18.4 Å². The molecule has 1 aromatic rings. The summed E-state index contributed by atoms with van der Waals surface area (Å²) in [6, 6.07) is 5.59. The van der Waals surface area contributed by atoms with Crippen molar-refractivity contribution in [1.29, 1.82) is 5.26 Å². The average Bonchev–Trinajstić information content (AvgIpc) is 3.03. The Labute approximate surface area is 92.9 Å². The Bertz CT molecular complexity index is 447. The van der Waals surface area contributed by atoms with Crippen molar-refractivity contribution >= 4 is 11.6 Å². The number of phenols is 1. The van der Waals surface area contributed by atoms with E-state index in [1.54, 1.807) is 12.1 Å². The summed E-state index contributed by atoms with van der Waals surface area (Å²) in [5.41, 5.74) is 0.0794. The zero-order valence-electron chi connectivity index (χ0n) is 8.25. The zero-order chi connectivity index (χ0) is 11.1. The normalized spacial score (nSPS) is 16.9. The second-order valence-electron chi connectivity index (χ2n) is 3.67. The summed E-state index contributed by atoms with van der Waals surface area (Å²) < 4.78 is 4.97. The Morgan fingerprint density at radius 2 is 2.20 bits per heavy atom. The Hall–Kier alpha value is -1.40. The molecular weight excluding hydrogens is 214 g/mol. The second-order valence-corrected chi connectivity index (χ2v) is 4.05. The molecule has 1 fully saturated rings. The number of hydrogen-bond donors (Lipinski definition) is 1. The lowest BCUT2D eigenvalue weighted by molar-refractivity contribution is 0.406. The molecule has 2 rings (SSSR count). The van der Waals surface area contributed by atoms with Crippen molar-refractivity contribution in [3.05, 3.63) is 22.7 Å². The third kappa shape index (κ3) is 1.42. The molecule has 3 nitrogen and oxygen atoms in total. The number of nitrogens with zero attached hydrogens (tertiary/aromatic N) is 1. The van der Waals surface area contributed by atoms with E-state index in [9.17, 15) is 5.11 Å². The molecule has 4 heteroatoms. The minimum atomic E-state index is -0.528. The van der Waals surface area contributed by atoms with Crippen LogP contribution in [0.15, 0.2) is 12.1 Å². The van der Waals surface area contributed by atoms with Crippen LogP contribution in [-0.2, 0) is 5.41 Å². The number of methoxy groups -OCH3 is 1. The van der Waals surface area contributed by atoms with Gasteiger partial charge < -0.3 is 9.84 Å². The van der Waals surface area contributed by atoms with Gasteiger partial charge in [0.2, 0.25) is 0 Å². The number of rotatable bonds is 2. The van der Waals surface area contributed by atoms with Crippen molar-refractivity contribution in [2.75, 3.05) is 7.11 Å². The summed E-state index contributed by atoms with van der Waals surface area (Å²) in [6.07, 6.45) is 1.55. The highest BCUT2D eigenvalue weighted by Crippen LogP contribution is 2.53. The summed E-state index contributed by atoms with van der Waals surface area (Å²) in [7, 11) is 1.48. The van der Waals surface area contributed by atoms with Gasteiger partial charge in [-0.3, -0.25) is 0 Å². The van der Waals surface area contributed by atoms with Gasteiger partial charge in [0.1, 0.15) is 16.5 Å². The van der Waals surface area contributed by atoms with Crippen molar-refractivity contribution in [3.8, 4) is 17.6 Å². The van der Waals surface area contributed by atoms with Crippen molar-refractivity contribution in [2.24, 2.45) is 0 Å².